The van der Waals surface area contributed by atoms with Gasteiger partial charge in [0.15, 0.2) is 5.69 Å². The first-order chi connectivity index (χ1) is 7.68. The molecule has 0 aliphatic heterocycles. The van der Waals surface area contributed by atoms with E-state index in [9.17, 15) is 9.90 Å². The number of rotatable bonds is 1. The van der Waals surface area contributed by atoms with Crippen molar-refractivity contribution < 1.29 is 15.0 Å². The molecule has 0 saturated heterocycles. The third kappa shape index (κ3) is 2.28. The maximum absolute atomic E-state index is 10.6. The molecule has 4 nitrogen and oxygen atoms in total. The number of aromatic carboxylic acids is 1. The summed E-state index contributed by atoms with van der Waals surface area (Å²) < 4.78 is 0. The molecule has 84 valence electrons. The van der Waals surface area contributed by atoms with Gasteiger partial charge in [0.2, 0.25) is 0 Å². The van der Waals surface area contributed by atoms with Gasteiger partial charge in [0.1, 0.15) is 5.75 Å². The molecule has 1 aromatic heterocycles. The van der Waals surface area contributed by atoms with E-state index >= 15 is 0 Å². The van der Waals surface area contributed by atoms with Crippen LogP contribution in [0.2, 0.25) is 0 Å². The van der Waals surface area contributed by atoms with Crippen molar-refractivity contribution in [2.75, 3.05) is 0 Å². The van der Waals surface area contributed by atoms with Crippen molar-refractivity contribution in [2.24, 2.45) is 0 Å². The molecule has 0 spiro atoms. The Bertz CT molecular complexity index is 509. The van der Waals surface area contributed by atoms with E-state index in [-0.39, 0.29) is 11.4 Å². The first kappa shape index (κ1) is 12.0. The third-order valence-electron chi connectivity index (χ3n) is 1.91. The van der Waals surface area contributed by atoms with Gasteiger partial charge in [-0.05, 0) is 12.1 Å². The Morgan fingerprint density at radius 2 is 1.88 bits per heavy atom. The molecule has 4 heteroatoms. The summed E-state index contributed by atoms with van der Waals surface area (Å²) in [5.41, 5.74) is 0.242. The number of carbonyl (C=O) groups is 1. The zero-order chi connectivity index (χ0) is 12.1. The Hall–Kier alpha value is -2.10. The molecule has 0 aliphatic rings. The molecule has 0 bridgehead atoms. The maximum Gasteiger partial charge on any atom is 0.358 e. The highest BCUT2D eigenvalue weighted by Crippen LogP contribution is 2.21. The number of hydrogen-bond acceptors (Lipinski definition) is 3. The van der Waals surface area contributed by atoms with Gasteiger partial charge in [0, 0.05) is 5.39 Å². The van der Waals surface area contributed by atoms with Crippen LogP contribution in [-0.4, -0.2) is 21.2 Å². The third-order valence-corrected chi connectivity index (χ3v) is 1.91. The number of nitrogens with zero attached hydrogens (tertiary/aromatic N) is 1. The zero-order valence-corrected chi connectivity index (χ0v) is 9.14. The Labute approximate surface area is 93.2 Å². The molecule has 0 unspecified atom stereocenters. The molecule has 0 radical (unpaired) electrons. The van der Waals surface area contributed by atoms with E-state index in [1.165, 1.54) is 6.07 Å². The second-order valence-electron chi connectivity index (χ2n) is 2.85. The highest BCUT2D eigenvalue weighted by Gasteiger charge is 2.11. The largest absolute Gasteiger partial charge is 0.505 e. The number of para-hydroxylation sites is 1. The van der Waals surface area contributed by atoms with Crippen LogP contribution in [0.15, 0.2) is 30.3 Å². The average molecular weight is 219 g/mol. The van der Waals surface area contributed by atoms with Crippen molar-refractivity contribution in [1.29, 1.82) is 0 Å². The van der Waals surface area contributed by atoms with E-state index in [0.29, 0.717) is 5.52 Å². The van der Waals surface area contributed by atoms with Crippen molar-refractivity contribution in [3.63, 3.8) is 0 Å². The lowest BCUT2D eigenvalue weighted by Crippen LogP contribution is -2.00. The van der Waals surface area contributed by atoms with E-state index < -0.39 is 5.97 Å². The predicted molar refractivity (Wildman–Crippen MR) is 61.7 cm³/mol. The number of benzene rings is 1. The molecular weight excluding hydrogens is 206 g/mol. The molecule has 2 N–H and O–H groups in total. The van der Waals surface area contributed by atoms with E-state index in [0.717, 1.165) is 5.39 Å². The molecule has 2 aromatic rings. The molecule has 16 heavy (non-hydrogen) atoms. The molecule has 0 saturated carbocycles. The Balaban J connectivity index is 0.000000606. The van der Waals surface area contributed by atoms with Crippen LogP contribution in [0.25, 0.3) is 10.9 Å². The number of aromatic nitrogens is 1. The van der Waals surface area contributed by atoms with Crippen LogP contribution in [-0.2, 0) is 0 Å². The first-order valence-electron chi connectivity index (χ1n) is 5.00. The fourth-order valence-corrected chi connectivity index (χ4v) is 1.26. The standard InChI is InChI=1S/C10H7NO3.C2H6/c12-8-5-6-3-1-2-4-7(6)11-9(8)10(13)14;1-2/h1-5,12H,(H,13,14);1-2H3. The molecule has 0 atom stereocenters. The fourth-order valence-electron chi connectivity index (χ4n) is 1.26. The van der Waals surface area contributed by atoms with Gasteiger partial charge in [-0.3, -0.25) is 0 Å². The smallest absolute Gasteiger partial charge is 0.358 e. The summed E-state index contributed by atoms with van der Waals surface area (Å²) >= 11 is 0. The van der Waals surface area contributed by atoms with Crippen molar-refractivity contribution in [3.8, 4) is 5.75 Å². The van der Waals surface area contributed by atoms with Crippen molar-refractivity contribution >= 4 is 16.9 Å². The van der Waals surface area contributed by atoms with Crippen LogP contribution in [0.1, 0.15) is 24.3 Å². The van der Waals surface area contributed by atoms with Gasteiger partial charge in [0.05, 0.1) is 5.52 Å². The minimum absolute atomic E-state index is 0.309. The van der Waals surface area contributed by atoms with E-state index in [1.807, 2.05) is 13.8 Å². The van der Waals surface area contributed by atoms with Crippen LogP contribution in [0.5, 0.6) is 5.75 Å². The minimum atomic E-state index is -1.23. The summed E-state index contributed by atoms with van der Waals surface area (Å²) in [6.45, 7) is 4.00. The lowest BCUT2D eigenvalue weighted by Gasteiger charge is -2.01. The van der Waals surface area contributed by atoms with Gasteiger partial charge in [-0.25, -0.2) is 9.78 Å². The molecule has 1 aromatic carbocycles. The SMILES string of the molecule is CC.O=C(O)c1nc2ccccc2cc1O. The van der Waals surface area contributed by atoms with Crippen LogP contribution < -0.4 is 0 Å². The Kier molecular flexibility index (Phi) is 3.83. The van der Waals surface area contributed by atoms with Crippen LogP contribution in [0, 0.1) is 0 Å². The van der Waals surface area contributed by atoms with Crippen LogP contribution in [0.3, 0.4) is 0 Å². The Morgan fingerprint density at radius 1 is 1.25 bits per heavy atom. The van der Waals surface area contributed by atoms with Crippen molar-refractivity contribution in [3.05, 3.63) is 36.0 Å². The molecule has 0 fully saturated rings. The van der Waals surface area contributed by atoms with Gasteiger partial charge in [-0.15, -0.1) is 0 Å². The van der Waals surface area contributed by atoms with Crippen LogP contribution in [0.4, 0.5) is 0 Å². The zero-order valence-electron chi connectivity index (χ0n) is 9.14. The lowest BCUT2D eigenvalue weighted by atomic mass is 10.2. The van der Waals surface area contributed by atoms with Gasteiger partial charge in [0.25, 0.3) is 0 Å². The lowest BCUT2D eigenvalue weighted by molar-refractivity contribution is 0.0687. The van der Waals surface area contributed by atoms with Gasteiger partial charge in [-0.1, -0.05) is 32.0 Å². The number of pyridine rings is 1. The number of carboxylic acid groups (broad SMARTS) is 1. The highest BCUT2D eigenvalue weighted by atomic mass is 16.4. The molecule has 0 amide bonds. The Morgan fingerprint density at radius 3 is 2.50 bits per heavy atom. The molecular formula is C12H13NO3. The first-order valence-corrected chi connectivity index (χ1v) is 5.00. The predicted octanol–water partition coefficient (Wildman–Crippen LogP) is 2.66. The second kappa shape index (κ2) is 5.11. The topological polar surface area (TPSA) is 70.4 Å². The van der Waals surface area contributed by atoms with E-state index in [1.54, 1.807) is 24.3 Å². The van der Waals surface area contributed by atoms with E-state index in [2.05, 4.69) is 4.98 Å². The fraction of sp³-hybridized carbons (Fsp3) is 0.167. The van der Waals surface area contributed by atoms with Gasteiger partial charge in [-0.2, -0.15) is 0 Å². The van der Waals surface area contributed by atoms with E-state index in [4.69, 9.17) is 5.11 Å². The summed E-state index contributed by atoms with van der Waals surface area (Å²) in [6, 6.07) is 8.41. The minimum Gasteiger partial charge on any atom is -0.505 e. The molecule has 2 rings (SSSR count). The average Bonchev–Trinajstić information content (AvgIpc) is 2.30. The van der Waals surface area contributed by atoms with Gasteiger partial charge < -0.3 is 10.2 Å². The number of aromatic hydroxyl groups is 1. The molecule has 1 heterocycles. The highest BCUT2D eigenvalue weighted by molar-refractivity contribution is 5.93. The second-order valence-corrected chi connectivity index (χ2v) is 2.85. The summed E-state index contributed by atoms with van der Waals surface area (Å²) in [4.78, 5) is 14.5. The number of fused-ring (bicyclic) bond motifs is 1. The van der Waals surface area contributed by atoms with Crippen molar-refractivity contribution in [1.82, 2.24) is 4.98 Å². The van der Waals surface area contributed by atoms with Crippen LogP contribution >= 0.6 is 0 Å². The summed E-state index contributed by atoms with van der Waals surface area (Å²) in [6.07, 6.45) is 0. The maximum atomic E-state index is 10.6. The number of hydrogen-bond donors (Lipinski definition) is 2. The summed E-state index contributed by atoms with van der Waals surface area (Å²) in [5.74, 6) is -1.54. The normalized spacial score (nSPS) is 9.38. The van der Waals surface area contributed by atoms with Crippen molar-refractivity contribution in [2.45, 2.75) is 13.8 Å². The summed E-state index contributed by atoms with van der Waals surface area (Å²) in [7, 11) is 0. The summed E-state index contributed by atoms with van der Waals surface area (Å²) in [5, 5.41) is 18.8. The van der Waals surface area contributed by atoms with Gasteiger partial charge >= 0.3 is 5.97 Å². The quantitative estimate of drug-likeness (QED) is 0.773. The number of carboxylic acids is 1. The molecule has 0 aliphatic carbocycles. The monoisotopic (exact) mass is 219 g/mol.